The van der Waals surface area contributed by atoms with Gasteiger partial charge in [0.25, 0.3) is 5.56 Å². The molecule has 0 aliphatic heterocycles. The number of aromatic nitrogens is 4. The lowest BCUT2D eigenvalue weighted by molar-refractivity contribution is -0.147. The first-order valence-corrected chi connectivity index (χ1v) is 13.9. The number of nitrogens with one attached hydrogen (secondary N) is 1. The molecule has 12 heteroatoms. The number of rotatable bonds is 18. The van der Waals surface area contributed by atoms with Crippen molar-refractivity contribution in [2.24, 2.45) is 14.1 Å². The lowest BCUT2D eigenvalue weighted by Crippen LogP contribution is -2.43. The van der Waals surface area contributed by atoms with Crippen LogP contribution >= 0.6 is 0 Å². The van der Waals surface area contributed by atoms with Crippen LogP contribution in [0.3, 0.4) is 0 Å². The van der Waals surface area contributed by atoms with E-state index in [-0.39, 0.29) is 35.9 Å². The zero-order chi connectivity index (χ0) is 28.8. The third-order valence-electron chi connectivity index (χ3n) is 6.59. The summed E-state index contributed by atoms with van der Waals surface area (Å²) in [6.07, 6.45) is 9.63. The standard InChI is InChI=1S/C27H43N5O7/c1-5-38-22(34)17-16-20(26(36)39-6-2)28-18-14-12-10-8-7-9-11-13-15-21(33)32-25(35)23-24(29-19-30(23)3)31(4)27(32)37/h19-20,28H,5-18H2,1-4H3. The van der Waals surface area contributed by atoms with Crippen LogP contribution in [0.2, 0.25) is 0 Å². The van der Waals surface area contributed by atoms with E-state index in [0.717, 1.165) is 49.5 Å². The van der Waals surface area contributed by atoms with Crippen molar-refractivity contribution in [2.45, 2.75) is 90.5 Å². The number of ether oxygens (including phenoxy) is 2. The van der Waals surface area contributed by atoms with E-state index < -0.39 is 23.2 Å². The van der Waals surface area contributed by atoms with Gasteiger partial charge in [0.1, 0.15) is 6.04 Å². The zero-order valence-electron chi connectivity index (χ0n) is 23.7. The zero-order valence-corrected chi connectivity index (χ0v) is 23.7. The molecule has 0 aliphatic carbocycles. The normalized spacial score (nSPS) is 12.0. The van der Waals surface area contributed by atoms with Gasteiger partial charge in [-0.15, -0.1) is 0 Å². The average Bonchev–Trinajstić information content (AvgIpc) is 3.29. The quantitative estimate of drug-likeness (QED) is 0.219. The van der Waals surface area contributed by atoms with Crippen molar-refractivity contribution in [1.82, 2.24) is 24.0 Å². The SMILES string of the molecule is CCOC(=O)CCC(NCCCCCCCCCCC(=O)n1c(=O)c2c(ncn2C)n(C)c1=O)C(=O)OCC. The smallest absolute Gasteiger partial charge is 0.339 e. The van der Waals surface area contributed by atoms with Gasteiger partial charge in [-0.3, -0.25) is 23.7 Å². The Labute approximate surface area is 228 Å². The number of fused-ring (bicyclic) bond motifs is 1. The number of hydrogen-bond acceptors (Lipinski definition) is 9. The van der Waals surface area contributed by atoms with E-state index in [2.05, 4.69) is 10.3 Å². The molecule has 1 unspecified atom stereocenters. The third kappa shape index (κ3) is 9.45. The Balaban J connectivity index is 1.62. The van der Waals surface area contributed by atoms with E-state index in [9.17, 15) is 24.0 Å². The number of hydrogen-bond donors (Lipinski definition) is 1. The molecule has 1 atom stereocenters. The van der Waals surface area contributed by atoms with Gasteiger partial charge in [0.2, 0.25) is 5.91 Å². The molecule has 0 amide bonds. The van der Waals surface area contributed by atoms with E-state index >= 15 is 0 Å². The van der Waals surface area contributed by atoms with Gasteiger partial charge in [0.15, 0.2) is 11.2 Å². The summed E-state index contributed by atoms with van der Waals surface area (Å²) in [5, 5.41) is 3.20. The Hall–Kier alpha value is -3.28. The van der Waals surface area contributed by atoms with Crippen molar-refractivity contribution in [2.75, 3.05) is 19.8 Å². The summed E-state index contributed by atoms with van der Waals surface area (Å²) >= 11 is 0. The van der Waals surface area contributed by atoms with Crippen molar-refractivity contribution in [3.05, 3.63) is 27.2 Å². The summed E-state index contributed by atoms with van der Waals surface area (Å²) in [5.74, 6) is -1.15. The molecule has 0 saturated heterocycles. The van der Waals surface area contributed by atoms with E-state index in [1.807, 2.05) is 0 Å². The first-order chi connectivity index (χ1) is 18.7. The number of unbranched alkanes of at least 4 members (excludes halogenated alkanes) is 7. The van der Waals surface area contributed by atoms with Gasteiger partial charge in [0, 0.05) is 26.9 Å². The second kappa shape index (κ2) is 16.6. The van der Waals surface area contributed by atoms with Gasteiger partial charge in [-0.05, 0) is 39.7 Å². The van der Waals surface area contributed by atoms with Crippen LogP contribution in [0.4, 0.5) is 0 Å². The number of imidazole rings is 1. The summed E-state index contributed by atoms with van der Waals surface area (Å²) in [4.78, 5) is 65.7. The molecule has 218 valence electrons. The lowest BCUT2D eigenvalue weighted by Gasteiger charge is -2.17. The van der Waals surface area contributed by atoms with Gasteiger partial charge in [-0.2, -0.15) is 4.57 Å². The van der Waals surface area contributed by atoms with Crippen molar-refractivity contribution >= 4 is 29.0 Å². The highest BCUT2D eigenvalue weighted by atomic mass is 16.5. The van der Waals surface area contributed by atoms with E-state index in [0.29, 0.717) is 32.6 Å². The topological polar surface area (TPSA) is 144 Å². The van der Waals surface area contributed by atoms with Gasteiger partial charge in [-0.1, -0.05) is 38.5 Å². The summed E-state index contributed by atoms with van der Waals surface area (Å²) in [6.45, 7) is 4.78. The molecule has 0 radical (unpaired) electrons. The summed E-state index contributed by atoms with van der Waals surface area (Å²) < 4.78 is 13.5. The molecule has 2 rings (SSSR count). The molecule has 0 aromatic carbocycles. The molecule has 0 bridgehead atoms. The lowest BCUT2D eigenvalue weighted by atomic mass is 10.1. The highest BCUT2D eigenvalue weighted by molar-refractivity contribution is 5.81. The molecule has 12 nitrogen and oxygen atoms in total. The van der Waals surface area contributed by atoms with Crippen LogP contribution in [-0.2, 0) is 33.2 Å². The Bertz CT molecular complexity index is 1210. The summed E-state index contributed by atoms with van der Waals surface area (Å²) in [7, 11) is 3.16. The Kier molecular flexibility index (Phi) is 13.6. The average molecular weight is 550 g/mol. The van der Waals surface area contributed by atoms with Crippen LogP contribution in [0.1, 0.15) is 89.3 Å². The molecule has 2 heterocycles. The van der Waals surface area contributed by atoms with Crippen LogP contribution < -0.4 is 16.6 Å². The first kappa shape index (κ1) is 31.9. The minimum absolute atomic E-state index is 0.141. The molecular formula is C27H43N5O7. The number of nitrogens with zero attached hydrogens (tertiary/aromatic N) is 4. The molecule has 1 N–H and O–H groups in total. The molecule has 0 saturated carbocycles. The van der Waals surface area contributed by atoms with Gasteiger partial charge >= 0.3 is 17.6 Å². The fourth-order valence-corrected chi connectivity index (χ4v) is 4.45. The Morgan fingerprint density at radius 3 is 2.15 bits per heavy atom. The predicted molar refractivity (Wildman–Crippen MR) is 147 cm³/mol. The minimum Gasteiger partial charge on any atom is -0.466 e. The van der Waals surface area contributed by atoms with Crippen LogP contribution in [0, 0.1) is 0 Å². The van der Waals surface area contributed by atoms with E-state index in [1.165, 1.54) is 22.5 Å². The largest absolute Gasteiger partial charge is 0.466 e. The minimum atomic E-state index is -0.668. The van der Waals surface area contributed by atoms with Gasteiger partial charge < -0.3 is 19.4 Å². The third-order valence-corrected chi connectivity index (χ3v) is 6.59. The summed E-state index contributed by atoms with van der Waals surface area (Å²) in [6, 6.07) is -0.515. The fraction of sp³-hybridized carbons (Fsp3) is 0.704. The predicted octanol–water partition coefficient (Wildman–Crippen LogP) is 2.45. The molecule has 2 aromatic rings. The van der Waals surface area contributed by atoms with E-state index in [4.69, 9.17) is 9.47 Å². The van der Waals surface area contributed by atoms with Crippen LogP contribution in [0.25, 0.3) is 11.2 Å². The van der Waals surface area contributed by atoms with Gasteiger partial charge in [-0.25, -0.2) is 9.78 Å². The fourth-order valence-electron chi connectivity index (χ4n) is 4.45. The molecular weight excluding hydrogens is 506 g/mol. The molecule has 2 aromatic heterocycles. The van der Waals surface area contributed by atoms with Crippen LogP contribution in [0.5, 0.6) is 0 Å². The molecule has 39 heavy (non-hydrogen) atoms. The number of carbonyl (C=O) groups excluding carboxylic acids is 3. The Morgan fingerprint density at radius 2 is 1.51 bits per heavy atom. The Morgan fingerprint density at radius 1 is 0.897 bits per heavy atom. The maximum Gasteiger partial charge on any atom is 0.339 e. The van der Waals surface area contributed by atoms with Crippen molar-refractivity contribution in [1.29, 1.82) is 0 Å². The van der Waals surface area contributed by atoms with Gasteiger partial charge in [0.05, 0.1) is 19.5 Å². The highest BCUT2D eigenvalue weighted by Crippen LogP contribution is 2.11. The monoisotopic (exact) mass is 549 g/mol. The second-order valence-corrected chi connectivity index (χ2v) is 9.58. The number of aryl methyl sites for hydroxylation is 2. The van der Waals surface area contributed by atoms with Crippen LogP contribution in [0.15, 0.2) is 15.9 Å². The van der Waals surface area contributed by atoms with Crippen molar-refractivity contribution < 1.29 is 23.9 Å². The summed E-state index contributed by atoms with van der Waals surface area (Å²) in [5.41, 5.74) is -0.799. The second-order valence-electron chi connectivity index (χ2n) is 9.58. The van der Waals surface area contributed by atoms with Crippen molar-refractivity contribution in [3.63, 3.8) is 0 Å². The molecule has 0 spiro atoms. The highest BCUT2D eigenvalue weighted by Gasteiger charge is 2.21. The molecule has 0 aliphatic rings. The molecule has 0 fully saturated rings. The maximum atomic E-state index is 12.7. The van der Waals surface area contributed by atoms with E-state index in [1.54, 1.807) is 20.9 Å². The van der Waals surface area contributed by atoms with Crippen molar-refractivity contribution in [3.8, 4) is 0 Å². The number of esters is 2. The number of carbonyl (C=O) groups is 3. The van der Waals surface area contributed by atoms with Crippen LogP contribution in [-0.4, -0.2) is 62.3 Å². The maximum absolute atomic E-state index is 12.7. The first-order valence-electron chi connectivity index (χ1n) is 13.9.